The van der Waals surface area contributed by atoms with Crippen LogP contribution in [0.4, 0.5) is 10.1 Å². The molecule has 0 radical (unpaired) electrons. The third-order valence-electron chi connectivity index (χ3n) is 3.09. The van der Waals surface area contributed by atoms with Crippen molar-refractivity contribution in [3.8, 4) is 0 Å². The molecule has 2 rings (SSSR count). The second-order valence-corrected chi connectivity index (χ2v) is 6.28. The van der Waals surface area contributed by atoms with Crippen molar-refractivity contribution >= 4 is 21.7 Å². The van der Waals surface area contributed by atoms with E-state index in [0.29, 0.717) is 0 Å². The number of hydrogen-bond acceptors (Lipinski definition) is 6. The zero-order valence-electron chi connectivity index (χ0n) is 11.3. The molecule has 9 heteroatoms. The number of halogens is 1. The van der Waals surface area contributed by atoms with Gasteiger partial charge in [0, 0.05) is 12.2 Å². The molecular weight excluding hydrogens is 303 g/mol. The zero-order chi connectivity index (χ0) is 15.6. The predicted molar refractivity (Wildman–Crippen MR) is 71.3 cm³/mol. The Hall–Kier alpha value is -1.71. The topological polar surface area (TPSA) is 98.9 Å². The molecule has 1 saturated heterocycles. The van der Waals surface area contributed by atoms with Crippen LogP contribution in [0.5, 0.6) is 0 Å². The van der Waals surface area contributed by atoms with Gasteiger partial charge < -0.3 is 15.2 Å². The summed E-state index contributed by atoms with van der Waals surface area (Å²) in [5.74, 6) is -1.69. The lowest BCUT2D eigenvalue weighted by Crippen LogP contribution is -2.52. The van der Waals surface area contributed by atoms with Crippen LogP contribution in [0, 0.1) is 5.82 Å². The number of ether oxygens (including phenoxy) is 2. The lowest BCUT2D eigenvalue weighted by molar-refractivity contribution is -0.149. The minimum atomic E-state index is -4.22. The summed E-state index contributed by atoms with van der Waals surface area (Å²) in [7, 11) is -3.08. The summed E-state index contributed by atoms with van der Waals surface area (Å²) in [4.78, 5) is 11.1. The number of sulfonamides is 1. The van der Waals surface area contributed by atoms with Gasteiger partial charge in [-0.15, -0.1) is 0 Å². The van der Waals surface area contributed by atoms with E-state index in [1.165, 1.54) is 6.07 Å². The summed E-state index contributed by atoms with van der Waals surface area (Å²) < 4.78 is 49.5. The number of rotatable bonds is 3. The van der Waals surface area contributed by atoms with E-state index in [0.717, 1.165) is 23.5 Å². The highest BCUT2D eigenvalue weighted by atomic mass is 32.2. The maximum atomic E-state index is 13.8. The maximum Gasteiger partial charge on any atom is 0.326 e. The average Bonchev–Trinajstić information content (AvgIpc) is 2.48. The molecule has 1 aliphatic heterocycles. The van der Waals surface area contributed by atoms with Gasteiger partial charge in [0.25, 0.3) is 0 Å². The lowest BCUT2D eigenvalue weighted by Gasteiger charge is -2.32. The van der Waals surface area contributed by atoms with E-state index in [1.54, 1.807) is 0 Å². The van der Waals surface area contributed by atoms with E-state index < -0.39 is 32.7 Å². The molecule has 0 saturated carbocycles. The molecule has 21 heavy (non-hydrogen) atoms. The molecule has 1 aliphatic rings. The Morgan fingerprint density at radius 3 is 2.90 bits per heavy atom. The van der Waals surface area contributed by atoms with Crippen molar-refractivity contribution in [3.63, 3.8) is 0 Å². The van der Waals surface area contributed by atoms with Crippen molar-refractivity contribution in [2.75, 3.05) is 32.6 Å². The van der Waals surface area contributed by atoms with Gasteiger partial charge in [-0.3, -0.25) is 4.79 Å². The van der Waals surface area contributed by atoms with E-state index in [-0.39, 0.29) is 25.4 Å². The molecule has 2 N–H and O–H groups in total. The normalized spacial score (nSPS) is 20.2. The maximum absolute atomic E-state index is 13.8. The Morgan fingerprint density at radius 1 is 1.52 bits per heavy atom. The van der Waals surface area contributed by atoms with E-state index in [4.69, 9.17) is 10.5 Å². The highest BCUT2D eigenvalue weighted by Crippen LogP contribution is 2.25. The Labute approximate surface area is 121 Å². The van der Waals surface area contributed by atoms with Gasteiger partial charge in [-0.05, 0) is 18.2 Å². The van der Waals surface area contributed by atoms with E-state index in [1.807, 2.05) is 0 Å². The summed E-state index contributed by atoms with van der Waals surface area (Å²) in [5.41, 5.74) is 5.62. The minimum absolute atomic E-state index is 0.0731. The third-order valence-corrected chi connectivity index (χ3v) is 5.02. The Kier molecular flexibility index (Phi) is 4.45. The van der Waals surface area contributed by atoms with Gasteiger partial charge in [-0.1, -0.05) is 0 Å². The highest BCUT2D eigenvalue weighted by molar-refractivity contribution is 7.89. The molecule has 116 valence electrons. The first-order valence-corrected chi connectivity index (χ1v) is 7.54. The van der Waals surface area contributed by atoms with Crippen molar-refractivity contribution in [3.05, 3.63) is 24.0 Å². The quantitative estimate of drug-likeness (QED) is 0.621. The second-order valence-electron chi connectivity index (χ2n) is 4.42. The summed E-state index contributed by atoms with van der Waals surface area (Å²) in [6, 6.07) is 2.10. The number of hydrogen-bond donors (Lipinski definition) is 1. The molecule has 0 bridgehead atoms. The van der Waals surface area contributed by atoms with Gasteiger partial charge in [-0.25, -0.2) is 12.8 Å². The van der Waals surface area contributed by atoms with Crippen molar-refractivity contribution in [1.82, 2.24) is 4.31 Å². The first-order valence-electron chi connectivity index (χ1n) is 6.10. The molecule has 0 spiro atoms. The van der Waals surface area contributed by atoms with Crippen molar-refractivity contribution < 1.29 is 27.1 Å². The fourth-order valence-corrected chi connectivity index (χ4v) is 3.69. The molecule has 1 aromatic rings. The first kappa shape index (κ1) is 15.7. The number of nitrogens with zero attached hydrogens (tertiary/aromatic N) is 1. The van der Waals surface area contributed by atoms with Crippen molar-refractivity contribution in [2.24, 2.45) is 0 Å². The van der Waals surface area contributed by atoms with Crippen molar-refractivity contribution in [1.29, 1.82) is 0 Å². The number of nitrogens with two attached hydrogens (primary N) is 1. The highest BCUT2D eigenvalue weighted by Gasteiger charge is 2.40. The van der Waals surface area contributed by atoms with Crippen LogP contribution >= 0.6 is 0 Å². The van der Waals surface area contributed by atoms with Gasteiger partial charge in [0.2, 0.25) is 10.0 Å². The number of methoxy groups -OCH3 is 1. The second kappa shape index (κ2) is 5.96. The summed E-state index contributed by atoms with van der Waals surface area (Å²) >= 11 is 0. The number of carbonyl (C=O) groups is 1. The van der Waals surface area contributed by atoms with Crippen LogP contribution in [0.15, 0.2) is 23.1 Å². The average molecular weight is 318 g/mol. The van der Waals surface area contributed by atoms with Crippen LogP contribution in [0.1, 0.15) is 0 Å². The van der Waals surface area contributed by atoms with Crippen LogP contribution in [0.25, 0.3) is 0 Å². The van der Waals surface area contributed by atoms with Crippen molar-refractivity contribution in [2.45, 2.75) is 10.9 Å². The summed E-state index contributed by atoms with van der Waals surface area (Å²) in [6.45, 7) is -0.108. The number of carbonyl (C=O) groups excluding carboxylic acids is 1. The first-order chi connectivity index (χ1) is 9.87. The molecular formula is C12H15FN2O5S. The summed E-state index contributed by atoms with van der Waals surface area (Å²) in [5, 5.41) is 0. The van der Waals surface area contributed by atoms with Gasteiger partial charge in [0.05, 0.1) is 20.3 Å². The van der Waals surface area contributed by atoms with Crippen LogP contribution in [0.2, 0.25) is 0 Å². The van der Waals surface area contributed by atoms with Crippen LogP contribution < -0.4 is 5.73 Å². The monoisotopic (exact) mass is 318 g/mol. The standard InChI is InChI=1S/C12H15FN2O5S/c1-19-12(16)10-7-20-5-4-15(10)21(17,18)11-6-8(14)2-3-9(11)13/h2-3,6,10H,4-5,7,14H2,1H3. The van der Waals surface area contributed by atoms with Crippen LogP contribution in [-0.2, 0) is 24.3 Å². The smallest absolute Gasteiger partial charge is 0.326 e. The van der Waals surface area contributed by atoms with Crippen LogP contribution in [-0.4, -0.2) is 51.6 Å². The van der Waals surface area contributed by atoms with Gasteiger partial charge in [-0.2, -0.15) is 4.31 Å². The predicted octanol–water partition coefficient (Wildman–Crippen LogP) is -0.0296. The molecule has 7 nitrogen and oxygen atoms in total. The number of benzene rings is 1. The SMILES string of the molecule is COC(=O)C1COCCN1S(=O)(=O)c1cc(N)ccc1F. The molecule has 1 unspecified atom stereocenters. The molecule has 0 aromatic heterocycles. The van der Waals surface area contributed by atoms with E-state index >= 15 is 0 Å². The molecule has 0 aliphatic carbocycles. The largest absolute Gasteiger partial charge is 0.468 e. The Bertz CT molecular complexity index is 649. The molecule has 1 aromatic carbocycles. The van der Waals surface area contributed by atoms with Gasteiger partial charge in [0.1, 0.15) is 16.8 Å². The van der Waals surface area contributed by atoms with E-state index in [9.17, 15) is 17.6 Å². The summed E-state index contributed by atoms with van der Waals surface area (Å²) in [6.07, 6.45) is 0. The molecule has 0 amide bonds. The number of esters is 1. The molecule has 1 heterocycles. The zero-order valence-corrected chi connectivity index (χ0v) is 12.1. The van der Waals surface area contributed by atoms with Crippen LogP contribution in [0.3, 0.4) is 0 Å². The fourth-order valence-electron chi connectivity index (χ4n) is 2.04. The lowest BCUT2D eigenvalue weighted by atomic mass is 10.3. The Balaban J connectivity index is 2.45. The molecule has 1 atom stereocenters. The Morgan fingerprint density at radius 2 is 2.24 bits per heavy atom. The van der Waals surface area contributed by atoms with Gasteiger partial charge >= 0.3 is 5.97 Å². The minimum Gasteiger partial charge on any atom is -0.468 e. The number of anilines is 1. The third kappa shape index (κ3) is 2.99. The fraction of sp³-hybridized carbons (Fsp3) is 0.417. The molecule has 1 fully saturated rings. The number of morpholine rings is 1. The van der Waals surface area contributed by atoms with E-state index in [2.05, 4.69) is 4.74 Å². The van der Waals surface area contributed by atoms with Gasteiger partial charge in [0.15, 0.2) is 0 Å². The number of nitrogen functional groups attached to an aromatic ring is 1.